The van der Waals surface area contributed by atoms with Crippen LogP contribution in [0.3, 0.4) is 0 Å². The average Bonchev–Trinajstić information content (AvgIpc) is 2.91. The molecule has 0 saturated carbocycles. The van der Waals surface area contributed by atoms with Gasteiger partial charge in [-0.25, -0.2) is 0 Å². The SMILES string of the molecule is CCOc1ccc(NC(=O)c2ccc(NC(=O)COC(=O)CNC(=O)COc3ccccc3)cc2)cc1. The molecule has 0 bridgehead atoms. The summed E-state index contributed by atoms with van der Waals surface area (Å²) in [5.41, 5.74) is 1.43. The maximum Gasteiger partial charge on any atom is 0.325 e. The third kappa shape index (κ3) is 9.36. The lowest BCUT2D eigenvalue weighted by Crippen LogP contribution is -2.35. The van der Waals surface area contributed by atoms with Gasteiger partial charge >= 0.3 is 5.97 Å². The number of esters is 1. The number of benzene rings is 3. The molecule has 3 aromatic rings. The second kappa shape index (κ2) is 13.9. The fourth-order valence-electron chi connectivity index (χ4n) is 2.99. The Kier molecular flexibility index (Phi) is 10.0. The first-order chi connectivity index (χ1) is 17.9. The lowest BCUT2D eigenvalue weighted by molar-refractivity contribution is -0.147. The van der Waals surface area contributed by atoms with Gasteiger partial charge in [0.1, 0.15) is 18.0 Å². The molecule has 3 rings (SSSR count). The lowest BCUT2D eigenvalue weighted by Gasteiger charge is -2.09. The van der Waals surface area contributed by atoms with Gasteiger partial charge in [-0.3, -0.25) is 19.2 Å². The monoisotopic (exact) mass is 505 g/mol. The molecule has 0 spiro atoms. The number of hydrogen-bond acceptors (Lipinski definition) is 7. The summed E-state index contributed by atoms with van der Waals surface area (Å²) in [6, 6.07) is 22.0. The van der Waals surface area contributed by atoms with Gasteiger partial charge in [0.15, 0.2) is 13.2 Å². The Labute approximate surface area is 213 Å². The molecule has 0 aliphatic rings. The number of carbonyl (C=O) groups excluding carboxylic acids is 4. The quantitative estimate of drug-likeness (QED) is 0.322. The highest BCUT2D eigenvalue weighted by Gasteiger charge is 2.11. The van der Waals surface area contributed by atoms with Crippen molar-refractivity contribution >= 4 is 35.1 Å². The average molecular weight is 506 g/mol. The number of ether oxygens (including phenoxy) is 3. The minimum atomic E-state index is -0.774. The predicted molar refractivity (Wildman–Crippen MR) is 137 cm³/mol. The largest absolute Gasteiger partial charge is 0.494 e. The van der Waals surface area contributed by atoms with Crippen LogP contribution >= 0.6 is 0 Å². The maximum absolute atomic E-state index is 12.4. The number of para-hydroxylation sites is 1. The minimum Gasteiger partial charge on any atom is -0.494 e. The molecule has 0 saturated heterocycles. The third-order valence-corrected chi connectivity index (χ3v) is 4.76. The molecule has 0 aliphatic carbocycles. The maximum atomic E-state index is 12.4. The van der Waals surface area contributed by atoms with Crippen molar-refractivity contribution in [3.8, 4) is 11.5 Å². The summed E-state index contributed by atoms with van der Waals surface area (Å²) in [6.07, 6.45) is 0. The van der Waals surface area contributed by atoms with Crippen molar-refractivity contribution in [2.75, 3.05) is 37.0 Å². The molecule has 3 aromatic carbocycles. The second-order valence-electron chi connectivity index (χ2n) is 7.58. The Hall–Kier alpha value is -4.86. The van der Waals surface area contributed by atoms with Crippen LogP contribution in [0.2, 0.25) is 0 Å². The van der Waals surface area contributed by atoms with Crippen LogP contribution in [0.15, 0.2) is 78.9 Å². The van der Waals surface area contributed by atoms with Crippen molar-refractivity contribution in [2.45, 2.75) is 6.92 Å². The number of nitrogens with one attached hydrogen (secondary N) is 3. The summed E-state index contributed by atoms with van der Waals surface area (Å²) in [4.78, 5) is 48.0. The zero-order valence-corrected chi connectivity index (χ0v) is 20.2. The van der Waals surface area contributed by atoms with E-state index in [4.69, 9.17) is 14.2 Å². The molecule has 192 valence electrons. The molecule has 0 heterocycles. The van der Waals surface area contributed by atoms with E-state index in [0.717, 1.165) is 0 Å². The first kappa shape index (κ1) is 26.7. The Morgan fingerprint density at radius 2 is 1.30 bits per heavy atom. The van der Waals surface area contributed by atoms with Crippen molar-refractivity contribution in [3.63, 3.8) is 0 Å². The number of hydrogen-bond donors (Lipinski definition) is 3. The van der Waals surface area contributed by atoms with Crippen LogP contribution in [0.5, 0.6) is 11.5 Å². The highest BCUT2D eigenvalue weighted by molar-refractivity contribution is 6.04. The Bertz CT molecular complexity index is 1200. The summed E-state index contributed by atoms with van der Waals surface area (Å²) in [5, 5.41) is 7.70. The van der Waals surface area contributed by atoms with Crippen LogP contribution in [-0.2, 0) is 19.1 Å². The van der Waals surface area contributed by atoms with Crippen molar-refractivity contribution in [1.29, 1.82) is 0 Å². The fourth-order valence-corrected chi connectivity index (χ4v) is 2.99. The molecule has 0 radical (unpaired) electrons. The van der Waals surface area contributed by atoms with Crippen LogP contribution in [-0.4, -0.2) is 50.1 Å². The van der Waals surface area contributed by atoms with Gasteiger partial charge in [0, 0.05) is 16.9 Å². The molecule has 0 unspecified atom stereocenters. The highest BCUT2D eigenvalue weighted by Crippen LogP contribution is 2.17. The van der Waals surface area contributed by atoms with Gasteiger partial charge in [0.25, 0.3) is 17.7 Å². The zero-order chi connectivity index (χ0) is 26.5. The van der Waals surface area contributed by atoms with Crippen LogP contribution < -0.4 is 25.4 Å². The van der Waals surface area contributed by atoms with E-state index >= 15 is 0 Å². The molecule has 3 amide bonds. The standard InChI is InChI=1S/C27H27N3O7/c1-2-35-23-14-12-21(13-15-23)30-27(34)19-8-10-20(11-9-19)29-25(32)18-37-26(33)16-28-24(31)17-36-22-6-4-3-5-7-22/h3-15H,2,16-18H2,1H3,(H,28,31)(H,29,32)(H,30,34). The summed E-state index contributed by atoms with van der Waals surface area (Å²) >= 11 is 0. The first-order valence-electron chi connectivity index (χ1n) is 11.5. The first-order valence-corrected chi connectivity index (χ1v) is 11.5. The van der Waals surface area contributed by atoms with Gasteiger partial charge in [-0.1, -0.05) is 18.2 Å². The van der Waals surface area contributed by atoms with Crippen LogP contribution in [0, 0.1) is 0 Å². The van der Waals surface area contributed by atoms with Gasteiger partial charge in [0.2, 0.25) is 0 Å². The van der Waals surface area contributed by atoms with Gasteiger partial charge in [-0.15, -0.1) is 0 Å². The molecular weight excluding hydrogens is 478 g/mol. The van der Waals surface area contributed by atoms with E-state index in [1.54, 1.807) is 72.8 Å². The lowest BCUT2D eigenvalue weighted by atomic mass is 10.2. The molecule has 0 aromatic heterocycles. The molecule has 37 heavy (non-hydrogen) atoms. The van der Waals surface area contributed by atoms with E-state index in [1.807, 2.05) is 13.0 Å². The van der Waals surface area contributed by atoms with E-state index in [1.165, 1.54) is 0 Å². The Morgan fingerprint density at radius 1 is 0.676 bits per heavy atom. The minimum absolute atomic E-state index is 0.258. The predicted octanol–water partition coefficient (Wildman–Crippen LogP) is 3.01. The Balaban J connectivity index is 1.35. The van der Waals surface area contributed by atoms with Gasteiger partial charge in [-0.2, -0.15) is 0 Å². The molecule has 0 fully saturated rings. The van der Waals surface area contributed by atoms with E-state index in [-0.39, 0.29) is 12.5 Å². The van der Waals surface area contributed by atoms with Gasteiger partial charge < -0.3 is 30.2 Å². The molecule has 3 N–H and O–H groups in total. The van der Waals surface area contributed by atoms with Crippen LogP contribution in [0.25, 0.3) is 0 Å². The molecule has 0 aliphatic heterocycles. The third-order valence-electron chi connectivity index (χ3n) is 4.76. The normalized spacial score (nSPS) is 10.1. The van der Waals surface area contributed by atoms with E-state index in [0.29, 0.717) is 35.0 Å². The summed E-state index contributed by atoms with van der Waals surface area (Å²) in [5.74, 6) is -0.921. The molecular formula is C27H27N3O7. The number of carbonyl (C=O) groups is 4. The number of amides is 3. The van der Waals surface area contributed by atoms with E-state index < -0.39 is 30.9 Å². The smallest absolute Gasteiger partial charge is 0.325 e. The number of rotatable bonds is 12. The van der Waals surface area contributed by atoms with Gasteiger partial charge in [0.05, 0.1) is 6.61 Å². The van der Waals surface area contributed by atoms with Crippen molar-refractivity contribution in [3.05, 3.63) is 84.4 Å². The van der Waals surface area contributed by atoms with E-state index in [2.05, 4.69) is 16.0 Å². The number of anilines is 2. The topological polar surface area (TPSA) is 132 Å². The summed E-state index contributed by atoms with van der Waals surface area (Å²) < 4.78 is 15.5. The Morgan fingerprint density at radius 3 is 1.97 bits per heavy atom. The van der Waals surface area contributed by atoms with Crippen molar-refractivity contribution < 1.29 is 33.4 Å². The summed E-state index contributed by atoms with van der Waals surface area (Å²) in [7, 11) is 0. The van der Waals surface area contributed by atoms with Crippen LogP contribution in [0.4, 0.5) is 11.4 Å². The van der Waals surface area contributed by atoms with Gasteiger partial charge in [-0.05, 0) is 67.6 Å². The molecule has 10 nitrogen and oxygen atoms in total. The highest BCUT2D eigenvalue weighted by atomic mass is 16.5. The van der Waals surface area contributed by atoms with Crippen LogP contribution in [0.1, 0.15) is 17.3 Å². The zero-order valence-electron chi connectivity index (χ0n) is 20.2. The molecule has 10 heteroatoms. The molecule has 0 atom stereocenters. The summed E-state index contributed by atoms with van der Waals surface area (Å²) in [6.45, 7) is 1.26. The van der Waals surface area contributed by atoms with E-state index in [9.17, 15) is 19.2 Å². The van der Waals surface area contributed by atoms with Crippen molar-refractivity contribution in [2.24, 2.45) is 0 Å². The fraction of sp³-hybridized carbons (Fsp3) is 0.185. The second-order valence-corrected chi connectivity index (χ2v) is 7.58. The van der Waals surface area contributed by atoms with Crippen molar-refractivity contribution in [1.82, 2.24) is 5.32 Å².